The Morgan fingerprint density at radius 2 is 1.90 bits per heavy atom. The highest BCUT2D eigenvalue weighted by Gasteiger charge is 2.26. The number of fused-ring (bicyclic) bond motifs is 1. The summed E-state index contributed by atoms with van der Waals surface area (Å²) in [6, 6.07) is 12.7. The summed E-state index contributed by atoms with van der Waals surface area (Å²) in [5, 5.41) is 15.5. The molecular weight excluding hydrogens is 372 g/mol. The summed E-state index contributed by atoms with van der Waals surface area (Å²) in [5.41, 5.74) is 1.98. The van der Waals surface area contributed by atoms with Crippen molar-refractivity contribution in [2.75, 3.05) is 5.32 Å². The third-order valence-corrected chi connectivity index (χ3v) is 4.16. The van der Waals surface area contributed by atoms with Crippen LogP contribution in [0.3, 0.4) is 0 Å². The second kappa shape index (κ2) is 7.47. The van der Waals surface area contributed by atoms with Crippen LogP contribution in [0.25, 0.3) is 10.9 Å². The zero-order chi connectivity index (χ0) is 20.4. The number of nitro groups is 1. The minimum atomic E-state index is -0.588. The molecule has 0 unspecified atom stereocenters. The van der Waals surface area contributed by atoms with E-state index in [1.54, 1.807) is 24.4 Å². The van der Waals surface area contributed by atoms with Crippen LogP contribution in [0.1, 0.15) is 11.3 Å². The zero-order valence-electron chi connectivity index (χ0n) is 15.7. The first-order chi connectivity index (χ1) is 14.0. The Morgan fingerprint density at radius 3 is 2.66 bits per heavy atom. The summed E-state index contributed by atoms with van der Waals surface area (Å²) >= 11 is 0. The monoisotopic (exact) mass is 388 g/mol. The van der Waals surface area contributed by atoms with Crippen LogP contribution in [0, 0.1) is 24.0 Å². The number of hydrogen-bond donors (Lipinski definition) is 1. The van der Waals surface area contributed by atoms with Gasteiger partial charge in [-0.1, -0.05) is 24.3 Å². The summed E-state index contributed by atoms with van der Waals surface area (Å²) in [7, 11) is 0. The van der Waals surface area contributed by atoms with Gasteiger partial charge in [0.15, 0.2) is 5.75 Å². The van der Waals surface area contributed by atoms with Gasteiger partial charge >= 0.3 is 11.6 Å². The highest BCUT2D eigenvalue weighted by molar-refractivity contribution is 5.85. The molecule has 3 heterocycles. The fourth-order valence-corrected chi connectivity index (χ4v) is 2.76. The molecule has 3 aromatic heterocycles. The van der Waals surface area contributed by atoms with Crippen LogP contribution in [0.4, 0.5) is 17.3 Å². The van der Waals surface area contributed by atoms with Crippen LogP contribution < -0.4 is 10.1 Å². The van der Waals surface area contributed by atoms with Gasteiger partial charge in [0, 0.05) is 17.3 Å². The van der Waals surface area contributed by atoms with Gasteiger partial charge in [0.1, 0.15) is 17.7 Å². The highest BCUT2D eigenvalue weighted by Crippen LogP contribution is 2.37. The maximum Gasteiger partial charge on any atom is 0.373 e. The molecule has 0 aliphatic carbocycles. The Balaban J connectivity index is 1.76. The first kappa shape index (κ1) is 18.2. The van der Waals surface area contributed by atoms with Gasteiger partial charge in [0.2, 0.25) is 5.82 Å². The Hall–Kier alpha value is -4.14. The number of benzene rings is 1. The number of para-hydroxylation sites is 1. The van der Waals surface area contributed by atoms with Crippen molar-refractivity contribution in [2.45, 2.75) is 13.8 Å². The minimum Gasteiger partial charge on any atom is -0.431 e. The van der Waals surface area contributed by atoms with E-state index in [-0.39, 0.29) is 17.4 Å². The van der Waals surface area contributed by atoms with E-state index in [2.05, 4.69) is 25.3 Å². The largest absolute Gasteiger partial charge is 0.431 e. The number of pyridine rings is 2. The molecule has 1 aromatic carbocycles. The molecule has 0 fully saturated rings. The summed E-state index contributed by atoms with van der Waals surface area (Å²) in [4.78, 5) is 27.8. The van der Waals surface area contributed by atoms with E-state index in [1.165, 1.54) is 6.33 Å². The number of hydrogen-bond acceptors (Lipinski definition) is 8. The van der Waals surface area contributed by atoms with Crippen molar-refractivity contribution in [1.29, 1.82) is 0 Å². The maximum absolute atomic E-state index is 11.8. The number of nitrogens with one attached hydrogen (secondary N) is 1. The molecule has 0 amide bonds. The van der Waals surface area contributed by atoms with Crippen molar-refractivity contribution in [3.05, 3.63) is 76.4 Å². The summed E-state index contributed by atoms with van der Waals surface area (Å²) in [6.45, 7) is 3.76. The molecule has 144 valence electrons. The average Bonchev–Trinajstić information content (AvgIpc) is 2.70. The van der Waals surface area contributed by atoms with Crippen molar-refractivity contribution >= 4 is 28.2 Å². The SMILES string of the molecule is Cc1ccc(Nc2ncnc(Oc3cccc4ccc(C)nc34)c2[N+](=O)[O-])nc1. The van der Waals surface area contributed by atoms with E-state index < -0.39 is 4.92 Å². The van der Waals surface area contributed by atoms with E-state index in [4.69, 9.17) is 4.74 Å². The smallest absolute Gasteiger partial charge is 0.373 e. The predicted molar refractivity (Wildman–Crippen MR) is 107 cm³/mol. The normalized spacial score (nSPS) is 10.7. The van der Waals surface area contributed by atoms with Crippen LogP contribution in [0.15, 0.2) is 55.0 Å². The van der Waals surface area contributed by atoms with Crippen LogP contribution in [-0.2, 0) is 0 Å². The van der Waals surface area contributed by atoms with E-state index in [0.717, 1.165) is 16.6 Å². The third kappa shape index (κ3) is 3.79. The van der Waals surface area contributed by atoms with E-state index >= 15 is 0 Å². The number of anilines is 2. The molecule has 0 bridgehead atoms. The van der Waals surface area contributed by atoms with Crippen molar-refractivity contribution < 1.29 is 9.66 Å². The molecule has 9 nitrogen and oxygen atoms in total. The van der Waals surface area contributed by atoms with Gasteiger partial charge in [-0.3, -0.25) is 10.1 Å². The van der Waals surface area contributed by atoms with E-state index in [0.29, 0.717) is 17.1 Å². The minimum absolute atomic E-state index is 0.0132. The third-order valence-electron chi connectivity index (χ3n) is 4.16. The van der Waals surface area contributed by atoms with Gasteiger partial charge in [-0.15, -0.1) is 0 Å². The van der Waals surface area contributed by atoms with E-state index in [1.807, 2.05) is 38.1 Å². The van der Waals surface area contributed by atoms with Gasteiger partial charge in [0.25, 0.3) is 0 Å². The van der Waals surface area contributed by atoms with Gasteiger partial charge < -0.3 is 10.1 Å². The number of nitrogens with zero attached hydrogens (tertiary/aromatic N) is 5. The number of aromatic nitrogens is 4. The average molecular weight is 388 g/mol. The lowest BCUT2D eigenvalue weighted by atomic mass is 10.2. The summed E-state index contributed by atoms with van der Waals surface area (Å²) in [6.07, 6.45) is 2.85. The molecule has 0 saturated heterocycles. The predicted octanol–water partition coefficient (Wildman–Crippen LogP) is 4.48. The van der Waals surface area contributed by atoms with Gasteiger partial charge in [-0.2, -0.15) is 4.98 Å². The fraction of sp³-hybridized carbons (Fsp3) is 0.100. The quantitative estimate of drug-likeness (QED) is 0.393. The molecular formula is C20H16N6O3. The molecule has 29 heavy (non-hydrogen) atoms. The Morgan fingerprint density at radius 1 is 1.03 bits per heavy atom. The lowest BCUT2D eigenvalue weighted by Crippen LogP contribution is -2.04. The van der Waals surface area contributed by atoms with Crippen molar-refractivity contribution in [1.82, 2.24) is 19.9 Å². The van der Waals surface area contributed by atoms with Crippen molar-refractivity contribution in [3.63, 3.8) is 0 Å². The molecule has 4 aromatic rings. The highest BCUT2D eigenvalue weighted by atomic mass is 16.6. The topological polar surface area (TPSA) is 116 Å². The van der Waals surface area contributed by atoms with Crippen LogP contribution in [0.5, 0.6) is 11.6 Å². The second-order valence-electron chi connectivity index (χ2n) is 6.36. The van der Waals surface area contributed by atoms with Gasteiger partial charge in [0.05, 0.1) is 4.92 Å². The Labute approximate surface area is 165 Å². The molecule has 1 N–H and O–H groups in total. The van der Waals surface area contributed by atoms with Crippen LogP contribution in [0.2, 0.25) is 0 Å². The van der Waals surface area contributed by atoms with Crippen molar-refractivity contribution in [3.8, 4) is 11.6 Å². The number of aryl methyl sites for hydroxylation is 2. The lowest BCUT2D eigenvalue weighted by Gasteiger charge is -2.10. The van der Waals surface area contributed by atoms with E-state index in [9.17, 15) is 10.1 Å². The van der Waals surface area contributed by atoms with Crippen molar-refractivity contribution in [2.24, 2.45) is 0 Å². The molecule has 0 spiro atoms. The first-order valence-corrected chi connectivity index (χ1v) is 8.74. The standard InChI is InChI=1S/C20H16N6O3/c1-12-6-9-16(21-10-12)25-19-18(26(27)28)20(23-11-22-19)29-15-5-3-4-14-8-7-13(2)24-17(14)15/h3-11H,1-2H3,(H,21,22,23,25). The Bertz CT molecular complexity index is 1210. The maximum atomic E-state index is 11.8. The first-order valence-electron chi connectivity index (χ1n) is 8.74. The Kier molecular flexibility index (Phi) is 4.70. The molecule has 9 heteroatoms. The molecule has 0 atom stereocenters. The summed E-state index contributed by atoms with van der Waals surface area (Å²) < 4.78 is 5.82. The zero-order valence-corrected chi connectivity index (χ0v) is 15.7. The fourth-order valence-electron chi connectivity index (χ4n) is 2.76. The molecule has 0 aliphatic heterocycles. The van der Waals surface area contributed by atoms with Gasteiger partial charge in [-0.25, -0.2) is 15.0 Å². The number of ether oxygens (including phenoxy) is 1. The molecule has 0 saturated carbocycles. The molecule has 4 rings (SSSR count). The van der Waals surface area contributed by atoms with Crippen LogP contribution in [-0.4, -0.2) is 24.9 Å². The number of rotatable bonds is 5. The molecule has 0 aliphatic rings. The molecule has 0 radical (unpaired) electrons. The summed E-state index contributed by atoms with van der Waals surface area (Å²) in [5.74, 6) is 0.592. The second-order valence-corrected chi connectivity index (χ2v) is 6.36. The van der Waals surface area contributed by atoms with Gasteiger partial charge in [-0.05, 0) is 37.6 Å². The lowest BCUT2D eigenvalue weighted by molar-refractivity contribution is -0.385. The van der Waals surface area contributed by atoms with Crippen LogP contribution >= 0.6 is 0 Å².